The maximum Gasteiger partial charge on any atom is 0.434 e. The molecular weight excluding hydrogens is 126 g/mol. The van der Waals surface area contributed by atoms with Crippen molar-refractivity contribution in [3.8, 4) is 0 Å². The van der Waals surface area contributed by atoms with Crippen LogP contribution in [0.5, 0.6) is 0 Å². The van der Waals surface area contributed by atoms with Gasteiger partial charge in [0, 0.05) is 6.42 Å². The average molecular weight is 133 g/mol. The van der Waals surface area contributed by atoms with Gasteiger partial charge < -0.3 is 10.2 Å². The predicted octanol–water partition coefficient (Wildman–Crippen LogP) is -0.380. The van der Waals surface area contributed by atoms with Gasteiger partial charge in [0.1, 0.15) is 0 Å². The number of hydrogen-bond acceptors (Lipinski definition) is 3. The molecule has 0 aliphatic carbocycles. The van der Waals surface area contributed by atoms with E-state index in [4.69, 9.17) is 10.2 Å². The van der Waals surface area contributed by atoms with Crippen molar-refractivity contribution < 1.29 is 19.8 Å². The molecule has 1 fully saturated rings. The molecule has 0 aromatic heterocycles. The normalized spacial score (nSPS) is 26.8. The second-order valence-corrected chi connectivity index (χ2v) is 1.71. The first kappa shape index (κ1) is 6.31. The number of nitrogens with zero attached hydrogens (tertiary/aromatic N) is 1. The van der Waals surface area contributed by atoms with Crippen molar-refractivity contribution in [1.29, 1.82) is 0 Å². The summed E-state index contributed by atoms with van der Waals surface area (Å²) in [5.41, 5.74) is 0. The lowest BCUT2D eigenvalue weighted by molar-refractivity contribution is -0.149. The number of rotatable bonds is 0. The van der Waals surface area contributed by atoms with E-state index in [1.165, 1.54) is 0 Å². The van der Waals surface area contributed by atoms with E-state index in [0.29, 0.717) is 11.5 Å². The summed E-state index contributed by atoms with van der Waals surface area (Å²) in [6.07, 6.45) is -1.88. The standard InChI is InChI=1S/C4H7NO4/c6-3-1-2-9-5(3)4(7)8/h3,6H,1-2H2,(H,7,8). The van der Waals surface area contributed by atoms with Crippen LogP contribution in [-0.2, 0) is 4.84 Å². The zero-order valence-electron chi connectivity index (χ0n) is 4.65. The zero-order valence-corrected chi connectivity index (χ0v) is 4.65. The topological polar surface area (TPSA) is 70.0 Å². The summed E-state index contributed by atoms with van der Waals surface area (Å²) in [6, 6.07) is 0. The maximum atomic E-state index is 10.1. The Kier molecular flexibility index (Phi) is 1.54. The maximum absolute atomic E-state index is 10.1. The van der Waals surface area contributed by atoms with Crippen molar-refractivity contribution in [2.75, 3.05) is 6.61 Å². The molecule has 2 N–H and O–H groups in total. The highest BCUT2D eigenvalue weighted by molar-refractivity contribution is 5.63. The smallest absolute Gasteiger partial charge is 0.434 e. The first-order valence-electron chi connectivity index (χ1n) is 2.55. The molecule has 1 heterocycles. The van der Waals surface area contributed by atoms with E-state index in [9.17, 15) is 4.79 Å². The van der Waals surface area contributed by atoms with E-state index in [1.807, 2.05) is 0 Å². The molecule has 1 atom stereocenters. The lowest BCUT2D eigenvalue weighted by Gasteiger charge is -2.12. The molecule has 0 aromatic rings. The highest BCUT2D eigenvalue weighted by Crippen LogP contribution is 2.10. The largest absolute Gasteiger partial charge is 0.463 e. The fourth-order valence-corrected chi connectivity index (χ4v) is 0.642. The van der Waals surface area contributed by atoms with Crippen LogP contribution in [0, 0.1) is 0 Å². The van der Waals surface area contributed by atoms with Crippen molar-refractivity contribution >= 4 is 6.09 Å². The Morgan fingerprint density at radius 3 is 2.67 bits per heavy atom. The molecule has 1 rings (SSSR count). The quantitative estimate of drug-likeness (QED) is 0.472. The summed E-state index contributed by atoms with van der Waals surface area (Å²) in [5.74, 6) is 0. The van der Waals surface area contributed by atoms with Crippen LogP contribution in [0.2, 0.25) is 0 Å². The van der Waals surface area contributed by atoms with Crippen LogP contribution in [0.1, 0.15) is 6.42 Å². The highest BCUT2D eigenvalue weighted by Gasteiger charge is 2.27. The minimum absolute atomic E-state index is 0.271. The molecule has 1 amide bonds. The summed E-state index contributed by atoms with van der Waals surface area (Å²) >= 11 is 0. The van der Waals surface area contributed by atoms with Crippen LogP contribution in [0.15, 0.2) is 0 Å². The minimum Gasteiger partial charge on any atom is -0.463 e. The van der Waals surface area contributed by atoms with Crippen LogP contribution < -0.4 is 0 Å². The van der Waals surface area contributed by atoms with Gasteiger partial charge in [0.2, 0.25) is 0 Å². The van der Waals surface area contributed by atoms with Crippen LogP contribution in [0.3, 0.4) is 0 Å². The molecule has 1 aliphatic rings. The molecule has 0 spiro atoms. The van der Waals surface area contributed by atoms with Gasteiger partial charge in [0.05, 0.1) is 6.61 Å². The van der Waals surface area contributed by atoms with E-state index in [0.717, 1.165) is 0 Å². The highest BCUT2D eigenvalue weighted by atomic mass is 16.7. The molecule has 5 heteroatoms. The lowest BCUT2D eigenvalue weighted by atomic mass is 10.4. The van der Waals surface area contributed by atoms with Gasteiger partial charge in [-0.05, 0) is 0 Å². The molecule has 0 bridgehead atoms. The van der Waals surface area contributed by atoms with Gasteiger partial charge in [-0.1, -0.05) is 0 Å². The number of carboxylic acid groups (broad SMARTS) is 1. The summed E-state index contributed by atoms with van der Waals surface area (Å²) in [6.45, 7) is 0.271. The fraction of sp³-hybridized carbons (Fsp3) is 0.750. The third-order valence-electron chi connectivity index (χ3n) is 1.07. The third kappa shape index (κ3) is 1.11. The van der Waals surface area contributed by atoms with Gasteiger partial charge in [-0.3, -0.25) is 4.84 Å². The predicted molar refractivity (Wildman–Crippen MR) is 26.4 cm³/mol. The number of amides is 1. The van der Waals surface area contributed by atoms with Crippen molar-refractivity contribution in [2.45, 2.75) is 12.6 Å². The van der Waals surface area contributed by atoms with Crippen molar-refractivity contribution in [3.63, 3.8) is 0 Å². The second-order valence-electron chi connectivity index (χ2n) is 1.71. The Morgan fingerprint density at radius 1 is 1.78 bits per heavy atom. The third-order valence-corrected chi connectivity index (χ3v) is 1.07. The Labute approximate surface area is 51.4 Å². The van der Waals surface area contributed by atoms with E-state index >= 15 is 0 Å². The average Bonchev–Trinajstić information content (AvgIpc) is 2.13. The SMILES string of the molecule is O=C(O)N1OCCC1O. The van der Waals surface area contributed by atoms with Gasteiger partial charge >= 0.3 is 6.09 Å². The van der Waals surface area contributed by atoms with Crippen LogP contribution in [0.25, 0.3) is 0 Å². The number of aliphatic hydroxyl groups excluding tert-OH is 1. The van der Waals surface area contributed by atoms with E-state index in [1.54, 1.807) is 0 Å². The van der Waals surface area contributed by atoms with Crippen LogP contribution in [-0.4, -0.2) is 34.2 Å². The Hall–Kier alpha value is -0.810. The van der Waals surface area contributed by atoms with Crippen molar-refractivity contribution in [1.82, 2.24) is 5.06 Å². The Bertz CT molecular complexity index is 126. The monoisotopic (exact) mass is 133 g/mol. The molecular formula is C4H7NO4. The summed E-state index contributed by atoms with van der Waals surface area (Å²) < 4.78 is 0. The molecule has 0 saturated carbocycles. The number of aliphatic hydroxyl groups is 1. The molecule has 0 radical (unpaired) electrons. The first-order chi connectivity index (χ1) is 4.22. The van der Waals surface area contributed by atoms with Gasteiger partial charge in [0.25, 0.3) is 0 Å². The van der Waals surface area contributed by atoms with E-state index < -0.39 is 12.3 Å². The molecule has 9 heavy (non-hydrogen) atoms. The van der Waals surface area contributed by atoms with Crippen LogP contribution in [0.4, 0.5) is 4.79 Å². The van der Waals surface area contributed by atoms with Gasteiger partial charge in [0.15, 0.2) is 6.23 Å². The molecule has 1 aliphatic heterocycles. The van der Waals surface area contributed by atoms with Gasteiger partial charge in [-0.25, -0.2) is 4.79 Å². The summed E-state index contributed by atoms with van der Waals surface area (Å²) in [5, 5.41) is 17.5. The Morgan fingerprint density at radius 2 is 2.44 bits per heavy atom. The second kappa shape index (κ2) is 2.20. The summed E-state index contributed by atoms with van der Waals surface area (Å²) in [4.78, 5) is 14.6. The van der Waals surface area contributed by atoms with E-state index in [-0.39, 0.29) is 6.61 Å². The van der Waals surface area contributed by atoms with Gasteiger partial charge in [-0.2, -0.15) is 5.06 Å². The molecule has 1 saturated heterocycles. The molecule has 1 unspecified atom stereocenters. The minimum atomic E-state index is -1.25. The molecule has 5 nitrogen and oxygen atoms in total. The number of carbonyl (C=O) groups is 1. The first-order valence-corrected chi connectivity index (χ1v) is 2.55. The fourth-order valence-electron chi connectivity index (χ4n) is 0.642. The number of hydroxylamine groups is 2. The van der Waals surface area contributed by atoms with Crippen molar-refractivity contribution in [2.24, 2.45) is 0 Å². The van der Waals surface area contributed by atoms with Crippen molar-refractivity contribution in [3.05, 3.63) is 0 Å². The lowest BCUT2D eigenvalue weighted by Crippen LogP contribution is -2.32. The zero-order chi connectivity index (χ0) is 6.85. The Balaban J connectivity index is 2.49. The number of hydrogen-bond donors (Lipinski definition) is 2. The molecule has 52 valence electrons. The summed E-state index contributed by atoms with van der Waals surface area (Å²) in [7, 11) is 0. The molecule has 0 aromatic carbocycles. The van der Waals surface area contributed by atoms with Gasteiger partial charge in [-0.15, -0.1) is 0 Å². The van der Waals surface area contributed by atoms with E-state index in [2.05, 4.69) is 4.84 Å². The van der Waals surface area contributed by atoms with Crippen LogP contribution >= 0.6 is 0 Å².